The van der Waals surface area contributed by atoms with Crippen LogP contribution in [0.5, 0.6) is 0 Å². The van der Waals surface area contributed by atoms with Gasteiger partial charge in [-0.05, 0) is 18.3 Å². The minimum Gasteiger partial charge on any atom is -0.393 e. The number of hydrogen-bond donors (Lipinski definition) is 1. The van der Waals surface area contributed by atoms with E-state index >= 15 is 0 Å². The third kappa shape index (κ3) is 1.47. The van der Waals surface area contributed by atoms with Crippen LogP contribution in [0, 0.1) is 17.3 Å². The second-order valence-corrected chi connectivity index (χ2v) is 5.46. The van der Waals surface area contributed by atoms with Crippen LogP contribution in [0.4, 0.5) is 0 Å². The van der Waals surface area contributed by atoms with Crippen LogP contribution < -0.4 is 0 Å². The Morgan fingerprint density at radius 1 is 1.31 bits per heavy atom. The number of likely N-dealkylation sites (tertiary alicyclic amines) is 1. The molecule has 0 bridgehead atoms. The van der Waals surface area contributed by atoms with Gasteiger partial charge in [-0.2, -0.15) is 0 Å². The fourth-order valence-corrected chi connectivity index (χ4v) is 2.71. The zero-order valence-electron chi connectivity index (χ0n) is 10.1. The van der Waals surface area contributed by atoms with Gasteiger partial charge in [0.15, 0.2) is 0 Å². The number of nitrogens with zero attached hydrogens (tertiary/aromatic N) is 1. The Morgan fingerprint density at radius 2 is 1.81 bits per heavy atom. The summed E-state index contributed by atoms with van der Waals surface area (Å²) in [5.74, 6) is -0.274. The van der Waals surface area contributed by atoms with Crippen LogP contribution in [-0.4, -0.2) is 34.5 Å². The van der Waals surface area contributed by atoms with Crippen LogP contribution in [0.1, 0.15) is 33.6 Å². The van der Waals surface area contributed by atoms with Crippen molar-refractivity contribution in [2.24, 2.45) is 17.3 Å². The monoisotopic (exact) mass is 225 g/mol. The molecule has 1 saturated carbocycles. The summed E-state index contributed by atoms with van der Waals surface area (Å²) in [5.41, 5.74) is -0.131. The van der Waals surface area contributed by atoms with E-state index in [0.717, 1.165) is 0 Å². The normalized spacial score (nSPS) is 32.9. The lowest BCUT2D eigenvalue weighted by molar-refractivity contribution is -0.143. The van der Waals surface area contributed by atoms with Gasteiger partial charge in [-0.3, -0.25) is 14.5 Å². The number of aliphatic hydroxyl groups is 1. The van der Waals surface area contributed by atoms with Crippen molar-refractivity contribution in [3.63, 3.8) is 0 Å². The molecular weight excluding hydrogens is 206 g/mol. The molecule has 1 aliphatic carbocycles. The lowest BCUT2D eigenvalue weighted by Crippen LogP contribution is -2.38. The maximum atomic E-state index is 11.9. The Bertz CT molecular complexity index is 313. The summed E-state index contributed by atoms with van der Waals surface area (Å²) in [6.07, 6.45) is 0.744. The molecule has 1 heterocycles. The molecule has 3 unspecified atom stereocenters. The minimum absolute atomic E-state index is 0.0386. The third-order valence-electron chi connectivity index (χ3n) is 4.05. The predicted octanol–water partition coefficient (Wildman–Crippen LogP) is 0.788. The van der Waals surface area contributed by atoms with Crippen LogP contribution in [0.25, 0.3) is 0 Å². The Morgan fingerprint density at radius 3 is 2.25 bits per heavy atom. The number of amides is 2. The van der Waals surface area contributed by atoms with E-state index in [1.165, 1.54) is 4.90 Å². The summed E-state index contributed by atoms with van der Waals surface area (Å²) in [7, 11) is 0. The average molecular weight is 225 g/mol. The van der Waals surface area contributed by atoms with Crippen molar-refractivity contribution in [3.8, 4) is 0 Å². The number of piperidine rings is 1. The van der Waals surface area contributed by atoms with Crippen molar-refractivity contribution >= 4 is 11.8 Å². The smallest absolute Gasteiger partial charge is 0.233 e. The van der Waals surface area contributed by atoms with Gasteiger partial charge >= 0.3 is 0 Å². The van der Waals surface area contributed by atoms with Crippen LogP contribution in [0.15, 0.2) is 0 Å². The quantitative estimate of drug-likeness (QED) is 0.720. The Balaban J connectivity index is 1.95. The van der Waals surface area contributed by atoms with E-state index in [4.69, 9.17) is 0 Å². The largest absolute Gasteiger partial charge is 0.393 e. The minimum atomic E-state index is -0.412. The van der Waals surface area contributed by atoms with Crippen molar-refractivity contribution in [2.45, 2.75) is 39.7 Å². The molecule has 1 N–H and O–H groups in total. The summed E-state index contributed by atoms with van der Waals surface area (Å²) >= 11 is 0. The van der Waals surface area contributed by atoms with Crippen LogP contribution in [0.3, 0.4) is 0 Å². The van der Waals surface area contributed by atoms with Gasteiger partial charge < -0.3 is 5.11 Å². The first-order valence-corrected chi connectivity index (χ1v) is 5.94. The van der Waals surface area contributed by atoms with Crippen molar-refractivity contribution < 1.29 is 14.7 Å². The topological polar surface area (TPSA) is 57.6 Å². The molecule has 0 aromatic rings. The number of carbonyl (C=O) groups excluding carboxylic acids is 2. The number of fused-ring (bicyclic) bond motifs is 1. The van der Waals surface area contributed by atoms with Gasteiger partial charge in [0.05, 0.1) is 17.9 Å². The molecule has 16 heavy (non-hydrogen) atoms. The fourth-order valence-electron chi connectivity index (χ4n) is 2.71. The number of hydrogen-bond acceptors (Lipinski definition) is 3. The molecule has 0 aromatic carbocycles. The van der Waals surface area contributed by atoms with Gasteiger partial charge in [0, 0.05) is 6.54 Å². The maximum absolute atomic E-state index is 11.9. The molecule has 2 fully saturated rings. The lowest BCUT2D eigenvalue weighted by Gasteiger charge is -2.21. The average Bonchev–Trinajstić information content (AvgIpc) is 2.68. The van der Waals surface area contributed by atoms with Crippen LogP contribution >= 0.6 is 0 Å². The van der Waals surface area contributed by atoms with Crippen LogP contribution in [0.2, 0.25) is 0 Å². The van der Waals surface area contributed by atoms with Gasteiger partial charge in [-0.1, -0.05) is 20.8 Å². The summed E-state index contributed by atoms with van der Waals surface area (Å²) in [6.45, 7) is 6.20. The van der Waals surface area contributed by atoms with Gasteiger partial charge in [-0.15, -0.1) is 0 Å². The SMILES string of the molecule is CCC(O)CCN1C(=O)C2C(C1=O)C2(C)C. The van der Waals surface area contributed by atoms with Crippen LogP contribution in [-0.2, 0) is 9.59 Å². The molecule has 1 aliphatic heterocycles. The Hall–Kier alpha value is -0.900. The molecule has 2 amide bonds. The Labute approximate surface area is 95.6 Å². The highest BCUT2D eigenvalue weighted by atomic mass is 16.3. The molecular formula is C12H19NO3. The molecule has 3 atom stereocenters. The van der Waals surface area contributed by atoms with Gasteiger partial charge in [-0.25, -0.2) is 0 Å². The summed E-state index contributed by atoms with van der Waals surface area (Å²) < 4.78 is 0. The lowest BCUT2D eigenvalue weighted by atomic mass is 10.1. The van der Waals surface area contributed by atoms with Crippen molar-refractivity contribution in [1.82, 2.24) is 4.90 Å². The first-order valence-electron chi connectivity index (χ1n) is 5.94. The van der Waals surface area contributed by atoms with Crippen molar-refractivity contribution in [3.05, 3.63) is 0 Å². The number of rotatable bonds is 4. The highest BCUT2D eigenvalue weighted by Crippen LogP contribution is 2.63. The highest BCUT2D eigenvalue weighted by molar-refractivity contribution is 6.10. The van der Waals surface area contributed by atoms with E-state index in [1.54, 1.807) is 0 Å². The summed E-state index contributed by atoms with van der Waals surface area (Å²) in [5, 5.41) is 9.42. The number of imide groups is 1. The summed E-state index contributed by atoms with van der Waals surface area (Å²) in [6, 6.07) is 0. The fraction of sp³-hybridized carbons (Fsp3) is 0.833. The molecule has 0 spiro atoms. The third-order valence-corrected chi connectivity index (χ3v) is 4.05. The molecule has 2 rings (SSSR count). The number of aliphatic hydroxyl groups excluding tert-OH is 1. The first-order chi connectivity index (χ1) is 7.41. The van der Waals surface area contributed by atoms with Gasteiger partial charge in [0.1, 0.15) is 0 Å². The second kappa shape index (κ2) is 3.55. The molecule has 2 aliphatic rings. The zero-order valence-corrected chi connectivity index (χ0v) is 10.1. The second-order valence-electron chi connectivity index (χ2n) is 5.46. The van der Waals surface area contributed by atoms with E-state index < -0.39 is 6.10 Å². The zero-order chi connectivity index (χ0) is 12.1. The predicted molar refractivity (Wildman–Crippen MR) is 58.4 cm³/mol. The highest BCUT2D eigenvalue weighted by Gasteiger charge is 2.72. The maximum Gasteiger partial charge on any atom is 0.233 e. The van der Waals surface area contributed by atoms with Gasteiger partial charge in [0.2, 0.25) is 11.8 Å². The molecule has 4 heteroatoms. The molecule has 90 valence electrons. The summed E-state index contributed by atoms with van der Waals surface area (Å²) in [4.78, 5) is 25.1. The Kier molecular flexibility index (Phi) is 2.57. The van der Waals surface area contributed by atoms with Crippen molar-refractivity contribution in [1.29, 1.82) is 0 Å². The standard InChI is InChI=1S/C12H19NO3/c1-4-7(14)5-6-13-10(15)8-9(11(13)16)12(8,2)3/h7-9,14H,4-6H2,1-3H3. The van der Waals surface area contributed by atoms with E-state index in [0.29, 0.717) is 19.4 Å². The molecule has 0 aromatic heterocycles. The molecule has 0 radical (unpaired) electrons. The van der Waals surface area contributed by atoms with Gasteiger partial charge in [0.25, 0.3) is 0 Å². The molecule has 1 saturated heterocycles. The van der Waals surface area contributed by atoms with E-state index in [1.807, 2.05) is 20.8 Å². The van der Waals surface area contributed by atoms with Crippen molar-refractivity contribution in [2.75, 3.05) is 6.54 Å². The van der Waals surface area contributed by atoms with E-state index in [-0.39, 0.29) is 29.1 Å². The van der Waals surface area contributed by atoms with E-state index in [2.05, 4.69) is 0 Å². The molecule has 4 nitrogen and oxygen atoms in total. The first kappa shape index (κ1) is 11.6. The number of carbonyl (C=O) groups is 2. The van der Waals surface area contributed by atoms with E-state index in [9.17, 15) is 14.7 Å².